The van der Waals surface area contributed by atoms with Gasteiger partial charge in [-0.05, 0) is 25.1 Å². The summed E-state index contributed by atoms with van der Waals surface area (Å²) in [6.07, 6.45) is 2.00. The Kier molecular flexibility index (Phi) is 1.95. The highest BCUT2D eigenvalue weighted by atomic mass is 16.1. The van der Waals surface area contributed by atoms with Crippen molar-refractivity contribution in [2.75, 3.05) is 5.73 Å². The zero-order valence-corrected chi connectivity index (χ0v) is 9.40. The van der Waals surface area contributed by atoms with E-state index in [9.17, 15) is 4.79 Å². The number of hydrogen-bond acceptors (Lipinski definition) is 3. The van der Waals surface area contributed by atoms with Crippen LogP contribution in [0, 0.1) is 0 Å². The van der Waals surface area contributed by atoms with Crippen LogP contribution in [0.2, 0.25) is 0 Å². The molecule has 5 nitrogen and oxygen atoms in total. The van der Waals surface area contributed by atoms with E-state index in [1.54, 1.807) is 0 Å². The summed E-state index contributed by atoms with van der Waals surface area (Å²) in [6.45, 7) is 2.97. The Balaban J connectivity index is 2.55. The molecule has 3 N–H and O–H groups in total. The van der Waals surface area contributed by atoms with Crippen LogP contribution >= 0.6 is 0 Å². The molecular weight excluding hydrogens is 216 g/mol. The van der Waals surface area contributed by atoms with E-state index in [4.69, 9.17) is 5.73 Å². The fourth-order valence-electron chi connectivity index (χ4n) is 2.20. The molecule has 3 aromatic rings. The fraction of sp³-hybridized carbons (Fsp3) is 0.167. The van der Waals surface area contributed by atoms with Crippen molar-refractivity contribution >= 4 is 27.6 Å². The van der Waals surface area contributed by atoms with Crippen molar-refractivity contribution in [3.05, 3.63) is 34.9 Å². The normalized spacial score (nSPS) is 11.4. The molecule has 2 aromatic heterocycles. The standard InChI is InChI=1S/C12H12N4O/c1-2-16-6-5-7-9(16)4-3-8-10(7)14-12(17)15-11(8)13/h3-6H,2H2,1H3,(H3,13,14,15,17). The van der Waals surface area contributed by atoms with E-state index in [2.05, 4.69) is 21.5 Å². The van der Waals surface area contributed by atoms with Gasteiger partial charge in [0, 0.05) is 23.5 Å². The second-order valence-corrected chi connectivity index (χ2v) is 3.95. The van der Waals surface area contributed by atoms with E-state index in [0.29, 0.717) is 0 Å². The molecule has 0 fully saturated rings. The lowest BCUT2D eigenvalue weighted by molar-refractivity contribution is 0.798. The number of rotatable bonds is 1. The van der Waals surface area contributed by atoms with E-state index < -0.39 is 5.69 Å². The highest BCUT2D eigenvalue weighted by Gasteiger charge is 2.08. The van der Waals surface area contributed by atoms with Crippen molar-refractivity contribution in [3.63, 3.8) is 0 Å². The molecule has 0 radical (unpaired) electrons. The molecule has 0 unspecified atom stereocenters. The van der Waals surface area contributed by atoms with Crippen molar-refractivity contribution in [2.45, 2.75) is 13.5 Å². The van der Waals surface area contributed by atoms with Crippen molar-refractivity contribution in [1.29, 1.82) is 0 Å². The maximum Gasteiger partial charge on any atom is 0.347 e. The minimum absolute atomic E-state index is 0.273. The number of anilines is 1. The summed E-state index contributed by atoms with van der Waals surface area (Å²) in [5.41, 5.74) is 7.18. The first-order valence-corrected chi connectivity index (χ1v) is 5.48. The third kappa shape index (κ3) is 1.32. The van der Waals surface area contributed by atoms with Gasteiger partial charge < -0.3 is 15.3 Å². The van der Waals surface area contributed by atoms with Crippen LogP contribution in [0.4, 0.5) is 5.82 Å². The molecule has 2 heterocycles. The highest BCUT2D eigenvalue weighted by molar-refractivity contribution is 6.07. The van der Waals surface area contributed by atoms with Crippen LogP contribution in [0.25, 0.3) is 21.8 Å². The Morgan fingerprint density at radius 3 is 2.94 bits per heavy atom. The Bertz CT molecular complexity index is 769. The van der Waals surface area contributed by atoms with Crippen LogP contribution in [0.5, 0.6) is 0 Å². The number of aromatic amines is 1. The lowest BCUT2D eigenvalue weighted by Gasteiger charge is -2.04. The molecule has 86 valence electrons. The van der Waals surface area contributed by atoms with E-state index in [1.807, 2.05) is 24.4 Å². The molecule has 0 saturated heterocycles. The average Bonchev–Trinajstić information content (AvgIpc) is 2.71. The maximum absolute atomic E-state index is 11.4. The van der Waals surface area contributed by atoms with Gasteiger partial charge in [0.15, 0.2) is 0 Å². The summed E-state index contributed by atoms with van der Waals surface area (Å²) >= 11 is 0. The monoisotopic (exact) mass is 228 g/mol. The number of hydrogen-bond donors (Lipinski definition) is 2. The van der Waals surface area contributed by atoms with Gasteiger partial charge >= 0.3 is 5.69 Å². The molecule has 0 aliphatic rings. The molecule has 5 heteroatoms. The number of aromatic nitrogens is 3. The molecule has 3 rings (SSSR count). The van der Waals surface area contributed by atoms with Gasteiger partial charge in [0.2, 0.25) is 0 Å². The first kappa shape index (κ1) is 9.89. The fourth-order valence-corrected chi connectivity index (χ4v) is 2.20. The Hall–Kier alpha value is -2.30. The van der Waals surface area contributed by atoms with Gasteiger partial charge in [-0.15, -0.1) is 0 Å². The second kappa shape index (κ2) is 3.35. The summed E-state index contributed by atoms with van der Waals surface area (Å²) in [5.74, 6) is 0.273. The van der Waals surface area contributed by atoms with Gasteiger partial charge in [-0.25, -0.2) is 4.79 Å². The lowest BCUT2D eigenvalue weighted by Crippen LogP contribution is -2.12. The molecule has 0 aliphatic carbocycles. The van der Waals surface area contributed by atoms with Crippen molar-refractivity contribution in [3.8, 4) is 0 Å². The van der Waals surface area contributed by atoms with Gasteiger partial charge in [0.25, 0.3) is 0 Å². The predicted octanol–water partition coefficient (Wildman–Crippen LogP) is 1.48. The molecule has 0 aliphatic heterocycles. The smallest absolute Gasteiger partial charge is 0.347 e. The molecule has 0 spiro atoms. The molecule has 17 heavy (non-hydrogen) atoms. The first-order chi connectivity index (χ1) is 8.20. The molecule has 0 amide bonds. The van der Waals surface area contributed by atoms with Gasteiger partial charge in [0.1, 0.15) is 5.82 Å². The van der Waals surface area contributed by atoms with E-state index in [-0.39, 0.29) is 5.82 Å². The number of aryl methyl sites for hydroxylation is 1. The third-order valence-electron chi connectivity index (χ3n) is 3.02. The number of benzene rings is 1. The van der Waals surface area contributed by atoms with E-state index in [0.717, 1.165) is 28.4 Å². The SMILES string of the molecule is CCn1ccc2c3[nH]c(=O)nc(N)c3ccc21. The van der Waals surface area contributed by atoms with Crippen molar-refractivity contribution < 1.29 is 0 Å². The number of nitrogens with zero attached hydrogens (tertiary/aromatic N) is 2. The Morgan fingerprint density at radius 2 is 2.18 bits per heavy atom. The Morgan fingerprint density at radius 1 is 1.35 bits per heavy atom. The number of nitrogens with two attached hydrogens (primary N) is 1. The summed E-state index contributed by atoms with van der Waals surface area (Å²) < 4.78 is 2.11. The molecule has 0 atom stereocenters. The van der Waals surface area contributed by atoms with E-state index in [1.165, 1.54) is 0 Å². The van der Waals surface area contributed by atoms with Gasteiger partial charge in [0.05, 0.1) is 11.0 Å². The number of nitrogen functional groups attached to an aromatic ring is 1. The van der Waals surface area contributed by atoms with Crippen molar-refractivity contribution in [1.82, 2.24) is 14.5 Å². The summed E-state index contributed by atoms with van der Waals surface area (Å²) in [5, 5.41) is 1.78. The zero-order valence-electron chi connectivity index (χ0n) is 9.40. The summed E-state index contributed by atoms with van der Waals surface area (Å²) in [6, 6.07) is 5.87. The first-order valence-electron chi connectivity index (χ1n) is 5.48. The van der Waals surface area contributed by atoms with Gasteiger partial charge in [-0.2, -0.15) is 4.98 Å². The van der Waals surface area contributed by atoms with Crippen LogP contribution < -0.4 is 11.4 Å². The van der Waals surface area contributed by atoms with Crippen LogP contribution in [-0.2, 0) is 6.54 Å². The number of H-pyrrole nitrogens is 1. The minimum atomic E-state index is -0.410. The van der Waals surface area contributed by atoms with Crippen LogP contribution in [0.3, 0.4) is 0 Å². The molecular formula is C12H12N4O. The topological polar surface area (TPSA) is 76.7 Å². The zero-order chi connectivity index (χ0) is 12.0. The van der Waals surface area contributed by atoms with Gasteiger partial charge in [-0.3, -0.25) is 0 Å². The number of fused-ring (bicyclic) bond motifs is 3. The largest absolute Gasteiger partial charge is 0.383 e. The quantitative estimate of drug-likeness (QED) is 0.662. The Labute approximate surface area is 96.9 Å². The average molecular weight is 228 g/mol. The number of nitrogens with one attached hydrogen (secondary N) is 1. The maximum atomic E-state index is 11.4. The second-order valence-electron chi connectivity index (χ2n) is 3.95. The highest BCUT2D eigenvalue weighted by Crippen LogP contribution is 2.25. The minimum Gasteiger partial charge on any atom is -0.383 e. The van der Waals surface area contributed by atoms with Crippen LogP contribution in [0.1, 0.15) is 6.92 Å². The summed E-state index contributed by atoms with van der Waals surface area (Å²) in [7, 11) is 0. The van der Waals surface area contributed by atoms with Crippen LogP contribution in [0.15, 0.2) is 29.2 Å². The van der Waals surface area contributed by atoms with Gasteiger partial charge in [-0.1, -0.05) is 0 Å². The van der Waals surface area contributed by atoms with Crippen molar-refractivity contribution in [2.24, 2.45) is 0 Å². The van der Waals surface area contributed by atoms with Crippen LogP contribution in [-0.4, -0.2) is 14.5 Å². The third-order valence-corrected chi connectivity index (χ3v) is 3.02. The predicted molar refractivity (Wildman–Crippen MR) is 67.9 cm³/mol. The summed E-state index contributed by atoms with van der Waals surface area (Å²) in [4.78, 5) is 17.8. The lowest BCUT2D eigenvalue weighted by atomic mass is 10.1. The molecule has 0 saturated carbocycles. The molecule has 0 bridgehead atoms. The molecule has 1 aromatic carbocycles. The van der Waals surface area contributed by atoms with E-state index >= 15 is 0 Å².